The molecule has 0 radical (unpaired) electrons. The van der Waals surface area contributed by atoms with Crippen LogP contribution in [0.1, 0.15) is 51.9 Å². The Morgan fingerprint density at radius 3 is 2.48 bits per heavy atom. The first kappa shape index (κ1) is 18.9. The van der Waals surface area contributed by atoms with Crippen molar-refractivity contribution in [2.24, 2.45) is 0 Å². The normalized spacial score (nSPS) is 11.5. The lowest BCUT2D eigenvalue weighted by Crippen LogP contribution is -2.23. The molecule has 2 aromatic rings. The molecule has 2 aromatic heterocycles. The maximum Gasteiger partial charge on any atom is 0.229 e. The molecule has 0 fully saturated rings. The molecule has 0 bridgehead atoms. The third-order valence-corrected chi connectivity index (χ3v) is 3.22. The van der Waals surface area contributed by atoms with E-state index in [1.165, 1.54) is 0 Å². The van der Waals surface area contributed by atoms with Crippen LogP contribution in [0.5, 0.6) is 5.88 Å². The zero-order valence-corrected chi connectivity index (χ0v) is 16.2. The first-order valence-corrected chi connectivity index (χ1v) is 8.45. The highest BCUT2D eigenvalue weighted by atomic mass is 16.5. The fraction of sp³-hybridized carbons (Fsp3) is 0.556. The van der Waals surface area contributed by atoms with Gasteiger partial charge in [-0.15, -0.1) is 0 Å². The summed E-state index contributed by atoms with van der Waals surface area (Å²) in [6.07, 6.45) is 1.75. The highest BCUT2D eigenvalue weighted by Gasteiger charge is 2.13. The molecule has 0 aliphatic rings. The lowest BCUT2D eigenvalue weighted by Gasteiger charge is -2.20. The Morgan fingerprint density at radius 2 is 1.88 bits per heavy atom. The summed E-state index contributed by atoms with van der Waals surface area (Å²) in [5.41, 5.74) is 0.771. The second-order valence-corrected chi connectivity index (χ2v) is 7.44. The molecule has 7 heteroatoms. The van der Waals surface area contributed by atoms with Gasteiger partial charge in [0.25, 0.3) is 0 Å². The predicted octanol–water partition coefficient (Wildman–Crippen LogP) is 3.25. The monoisotopic (exact) mass is 344 g/mol. The van der Waals surface area contributed by atoms with E-state index in [4.69, 9.17) is 4.74 Å². The van der Waals surface area contributed by atoms with Crippen LogP contribution in [-0.2, 0) is 6.54 Å². The molecule has 1 N–H and O–H groups in total. The van der Waals surface area contributed by atoms with Crippen molar-refractivity contribution in [3.8, 4) is 5.88 Å². The van der Waals surface area contributed by atoms with Crippen molar-refractivity contribution in [2.45, 2.75) is 52.7 Å². The minimum atomic E-state index is -0.278. The molecule has 0 aliphatic heterocycles. The van der Waals surface area contributed by atoms with Crippen molar-refractivity contribution < 1.29 is 4.74 Å². The summed E-state index contributed by atoms with van der Waals surface area (Å²) in [6.45, 7) is 10.7. The fourth-order valence-electron chi connectivity index (χ4n) is 2.03. The SMILES string of the molecule is CC(C)c1nc(NCc2ccnc(OC(C)(C)C)c2)nc(N(C)C)n1. The minimum absolute atomic E-state index is 0.231. The van der Waals surface area contributed by atoms with Gasteiger partial charge in [0.1, 0.15) is 11.4 Å². The molecule has 0 unspecified atom stereocenters. The lowest BCUT2D eigenvalue weighted by atomic mass is 10.2. The van der Waals surface area contributed by atoms with Gasteiger partial charge in [0, 0.05) is 38.8 Å². The number of nitrogens with one attached hydrogen (secondary N) is 1. The van der Waals surface area contributed by atoms with Crippen LogP contribution >= 0.6 is 0 Å². The lowest BCUT2D eigenvalue weighted by molar-refractivity contribution is 0.124. The van der Waals surface area contributed by atoms with Gasteiger partial charge in [-0.05, 0) is 32.4 Å². The second kappa shape index (κ2) is 7.63. The van der Waals surface area contributed by atoms with E-state index >= 15 is 0 Å². The van der Waals surface area contributed by atoms with Crippen molar-refractivity contribution in [1.82, 2.24) is 19.9 Å². The number of hydrogen-bond acceptors (Lipinski definition) is 7. The van der Waals surface area contributed by atoms with Crippen molar-refractivity contribution in [1.29, 1.82) is 0 Å². The summed E-state index contributed by atoms with van der Waals surface area (Å²) in [5.74, 6) is 2.83. The van der Waals surface area contributed by atoms with Crippen molar-refractivity contribution in [3.63, 3.8) is 0 Å². The summed E-state index contributed by atoms with van der Waals surface area (Å²) < 4.78 is 5.81. The Labute approximate surface area is 149 Å². The summed E-state index contributed by atoms with van der Waals surface area (Å²) in [5, 5.41) is 3.27. The van der Waals surface area contributed by atoms with Gasteiger partial charge in [-0.1, -0.05) is 13.8 Å². The molecule has 0 atom stereocenters. The van der Waals surface area contributed by atoms with E-state index in [2.05, 4.69) is 39.1 Å². The van der Waals surface area contributed by atoms with E-state index in [0.29, 0.717) is 24.3 Å². The van der Waals surface area contributed by atoms with Crippen LogP contribution in [0.2, 0.25) is 0 Å². The summed E-state index contributed by atoms with van der Waals surface area (Å²) >= 11 is 0. The molecule has 0 aliphatic carbocycles. The Bertz CT molecular complexity index is 683. The van der Waals surface area contributed by atoms with Crippen LogP contribution in [0, 0.1) is 0 Å². The van der Waals surface area contributed by atoms with E-state index in [1.54, 1.807) is 6.20 Å². The Hall–Kier alpha value is -2.44. The average Bonchev–Trinajstić information content (AvgIpc) is 2.51. The van der Waals surface area contributed by atoms with Gasteiger partial charge in [-0.3, -0.25) is 0 Å². The van der Waals surface area contributed by atoms with Gasteiger partial charge >= 0.3 is 0 Å². The number of ether oxygens (including phenoxy) is 1. The third-order valence-electron chi connectivity index (χ3n) is 3.22. The molecule has 0 amide bonds. The summed E-state index contributed by atoms with van der Waals surface area (Å²) in [7, 11) is 3.84. The highest BCUT2D eigenvalue weighted by molar-refractivity contribution is 5.37. The molecule has 25 heavy (non-hydrogen) atoms. The third kappa shape index (κ3) is 5.85. The predicted molar refractivity (Wildman–Crippen MR) is 100 cm³/mol. The molecular weight excluding hydrogens is 316 g/mol. The smallest absolute Gasteiger partial charge is 0.229 e. The number of pyridine rings is 1. The van der Waals surface area contributed by atoms with E-state index in [9.17, 15) is 0 Å². The van der Waals surface area contributed by atoms with Crippen LogP contribution in [0.3, 0.4) is 0 Å². The number of anilines is 2. The van der Waals surface area contributed by atoms with Crippen LogP contribution in [0.15, 0.2) is 18.3 Å². The zero-order valence-electron chi connectivity index (χ0n) is 16.2. The van der Waals surface area contributed by atoms with E-state index in [1.807, 2.05) is 51.9 Å². The number of hydrogen-bond donors (Lipinski definition) is 1. The van der Waals surface area contributed by atoms with Gasteiger partial charge in [0.05, 0.1) is 0 Å². The van der Waals surface area contributed by atoms with Gasteiger partial charge in [-0.2, -0.15) is 15.0 Å². The summed E-state index contributed by atoms with van der Waals surface area (Å²) in [6, 6.07) is 3.87. The average molecular weight is 344 g/mol. The van der Waals surface area contributed by atoms with Crippen molar-refractivity contribution in [3.05, 3.63) is 29.7 Å². The van der Waals surface area contributed by atoms with Crippen molar-refractivity contribution in [2.75, 3.05) is 24.3 Å². The first-order chi connectivity index (χ1) is 11.6. The van der Waals surface area contributed by atoms with Gasteiger partial charge in [0.15, 0.2) is 0 Å². The fourth-order valence-corrected chi connectivity index (χ4v) is 2.03. The molecule has 0 saturated carbocycles. The molecule has 2 rings (SSSR count). The van der Waals surface area contributed by atoms with E-state index < -0.39 is 0 Å². The van der Waals surface area contributed by atoms with Gasteiger partial charge in [-0.25, -0.2) is 4.98 Å². The van der Waals surface area contributed by atoms with Gasteiger partial charge < -0.3 is 15.0 Å². The van der Waals surface area contributed by atoms with Crippen LogP contribution < -0.4 is 15.0 Å². The maximum absolute atomic E-state index is 5.81. The van der Waals surface area contributed by atoms with Crippen LogP contribution in [-0.4, -0.2) is 39.6 Å². The maximum atomic E-state index is 5.81. The molecule has 0 saturated heterocycles. The standard InChI is InChI=1S/C18H28N6O/c1-12(2)15-21-16(23-17(22-15)24(6)7)20-11-13-8-9-19-14(10-13)25-18(3,4)5/h8-10,12H,11H2,1-7H3,(H,20,21,22,23). The highest BCUT2D eigenvalue weighted by Crippen LogP contribution is 2.18. The van der Waals surface area contributed by atoms with Crippen molar-refractivity contribution >= 4 is 11.9 Å². The molecule has 2 heterocycles. The largest absolute Gasteiger partial charge is 0.472 e. The quantitative estimate of drug-likeness (QED) is 0.862. The zero-order chi connectivity index (χ0) is 18.6. The minimum Gasteiger partial charge on any atom is -0.472 e. The second-order valence-electron chi connectivity index (χ2n) is 7.44. The Balaban J connectivity index is 2.14. The molecule has 0 aromatic carbocycles. The van der Waals surface area contributed by atoms with Gasteiger partial charge in [0.2, 0.25) is 17.8 Å². The van der Waals surface area contributed by atoms with Crippen LogP contribution in [0.25, 0.3) is 0 Å². The molecule has 0 spiro atoms. The number of aromatic nitrogens is 4. The molecular formula is C18H28N6O. The summed E-state index contributed by atoms with van der Waals surface area (Å²) in [4.78, 5) is 19.6. The van der Waals surface area contributed by atoms with E-state index in [0.717, 1.165) is 11.4 Å². The van der Waals surface area contributed by atoms with Crippen LogP contribution in [0.4, 0.5) is 11.9 Å². The number of nitrogens with zero attached hydrogens (tertiary/aromatic N) is 5. The first-order valence-electron chi connectivity index (χ1n) is 8.45. The van der Waals surface area contributed by atoms with E-state index in [-0.39, 0.29) is 11.5 Å². The Kier molecular flexibility index (Phi) is 5.77. The molecule has 136 valence electrons. The topological polar surface area (TPSA) is 76.1 Å². The number of rotatable bonds is 6. The molecule has 7 nitrogen and oxygen atoms in total. The Morgan fingerprint density at radius 1 is 1.16 bits per heavy atom.